The first-order valence-electron chi connectivity index (χ1n) is 11.1. The molecule has 0 unspecified atom stereocenters. The Morgan fingerprint density at radius 2 is 1.77 bits per heavy atom. The lowest BCUT2D eigenvalue weighted by atomic mass is 9.98. The monoisotopic (exact) mass is 399 g/mol. The molecule has 0 radical (unpaired) electrons. The van der Waals surface area contributed by atoms with Gasteiger partial charge in [-0.15, -0.1) is 0 Å². The van der Waals surface area contributed by atoms with Gasteiger partial charge in [0.05, 0.1) is 16.8 Å². The summed E-state index contributed by atoms with van der Waals surface area (Å²) in [7, 11) is 4.03. The number of pyridine rings is 1. The van der Waals surface area contributed by atoms with Crippen LogP contribution >= 0.6 is 0 Å². The van der Waals surface area contributed by atoms with Gasteiger partial charge in [-0.3, -0.25) is 9.78 Å². The zero-order chi connectivity index (χ0) is 20.7. The van der Waals surface area contributed by atoms with E-state index in [4.69, 9.17) is 0 Å². The molecule has 30 heavy (non-hydrogen) atoms. The molecule has 4 heteroatoms. The summed E-state index contributed by atoms with van der Waals surface area (Å²) < 4.78 is 0. The minimum Gasteiger partial charge on any atom is -0.376 e. The molecule has 2 aliphatic rings. The van der Waals surface area contributed by atoms with Gasteiger partial charge >= 0.3 is 0 Å². The van der Waals surface area contributed by atoms with Crippen LogP contribution < -0.4 is 9.80 Å². The second-order valence-electron chi connectivity index (χ2n) is 8.88. The molecule has 2 aromatic carbocycles. The van der Waals surface area contributed by atoms with Crippen LogP contribution in [0, 0.1) is 5.92 Å². The van der Waals surface area contributed by atoms with Crippen molar-refractivity contribution in [1.82, 2.24) is 4.98 Å². The number of carbonyl (C=O) groups excluding carboxylic acids is 1. The average molecular weight is 400 g/mol. The van der Waals surface area contributed by atoms with Gasteiger partial charge in [-0.05, 0) is 67.5 Å². The minimum absolute atomic E-state index is 0.187. The number of anilines is 2. The third-order valence-electron chi connectivity index (χ3n) is 6.40. The predicted molar refractivity (Wildman–Crippen MR) is 125 cm³/mol. The normalized spacial score (nSPS) is 16.7. The number of Topliss-reactive ketones (excluding diaryl/α,β-unsaturated/α-hetero) is 1. The second-order valence-corrected chi connectivity index (χ2v) is 8.88. The maximum Gasteiger partial charge on any atom is 0.169 e. The highest BCUT2D eigenvalue weighted by Gasteiger charge is 2.32. The molecule has 0 spiro atoms. The lowest BCUT2D eigenvalue weighted by Crippen LogP contribution is -2.29. The van der Waals surface area contributed by atoms with Gasteiger partial charge in [-0.2, -0.15) is 0 Å². The number of aromatic nitrogens is 1. The number of ketones is 1. The first-order chi connectivity index (χ1) is 14.6. The molecule has 5 rings (SSSR count). The van der Waals surface area contributed by atoms with Crippen LogP contribution in [0.15, 0.2) is 48.7 Å². The molecule has 1 aliphatic carbocycles. The first kappa shape index (κ1) is 19.1. The number of hydrogen-bond acceptors (Lipinski definition) is 4. The van der Waals surface area contributed by atoms with Crippen molar-refractivity contribution < 1.29 is 4.79 Å². The van der Waals surface area contributed by atoms with Crippen molar-refractivity contribution in [1.29, 1.82) is 0 Å². The van der Waals surface area contributed by atoms with Crippen LogP contribution in [0.25, 0.3) is 22.0 Å². The van der Waals surface area contributed by atoms with Gasteiger partial charge in [0.2, 0.25) is 0 Å². The molecule has 0 bridgehead atoms. The van der Waals surface area contributed by atoms with Crippen LogP contribution in [0.3, 0.4) is 0 Å². The molecule has 0 N–H and O–H groups in total. The molecule has 1 saturated carbocycles. The molecule has 3 aromatic rings. The maximum absolute atomic E-state index is 12.9. The van der Waals surface area contributed by atoms with E-state index < -0.39 is 0 Å². The summed E-state index contributed by atoms with van der Waals surface area (Å²) in [4.78, 5) is 22.1. The summed E-state index contributed by atoms with van der Waals surface area (Å²) >= 11 is 0. The maximum atomic E-state index is 12.9. The number of piperidine rings is 1. The number of benzene rings is 2. The van der Waals surface area contributed by atoms with Crippen LogP contribution in [0.5, 0.6) is 0 Å². The number of rotatable bonds is 5. The Morgan fingerprint density at radius 3 is 2.50 bits per heavy atom. The van der Waals surface area contributed by atoms with Crippen molar-refractivity contribution in [2.75, 3.05) is 37.0 Å². The van der Waals surface area contributed by atoms with Crippen LogP contribution in [-0.4, -0.2) is 38.0 Å². The molecule has 0 atom stereocenters. The van der Waals surface area contributed by atoms with Gasteiger partial charge in [-0.1, -0.05) is 18.2 Å². The quantitative estimate of drug-likeness (QED) is 0.527. The highest BCUT2D eigenvalue weighted by atomic mass is 16.1. The van der Waals surface area contributed by atoms with Crippen LogP contribution in [-0.2, 0) is 0 Å². The van der Waals surface area contributed by atoms with Crippen molar-refractivity contribution in [2.45, 2.75) is 32.1 Å². The first-order valence-corrected chi connectivity index (χ1v) is 11.1. The third-order valence-corrected chi connectivity index (χ3v) is 6.40. The van der Waals surface area contributed by atoms with Crippen LogP contribution in [0.2, 0.25) is 0 Å². The molecule has 1 saturated heterocycles. The number of carbonyl (C=O) groups is 1. The van der Waals surface area contributed by atoms with E-state index in [2.05, 4.69) is 57.2 Å². The van der Waals surface area contributed by atoms with Gasteiger partial charge in [-0.25, -0.2) is 0 Å². The molecule has 154 valence electrons. The molecular weight excluding hydrogens is 370 g/mol. The zero-order valence-corrected chi connectivity index (χ0v) is 17.9. The fourth-order valence-corrected chi connectivity index (χ4v) is 4.62. The Hall–Kier alpha value is -2.88. The van der Waals surface area contributed by atoms with Gasteiger partial charge < -0.3 is 9.80 Å². The molecule has 1 aliphatic heterocycles. The van der Waals surface area contributed by atoms with Crippen molar-refractivity contribution in [2.24, 2.45) is 5.92 Å². The summed E-state index contributed by atoms with van der Waals surface area (Å²) in [6, 6.07) is 15.3. The Labute approximate surface area is 178 Å². The van der Waals surface area contributed by atoms with Crippen molar-refractivity contribution >= 4 is 28.1 Å². The van der Waals surface area contributed by atoms with Crippen molar-refractivity contribution in [3.05, 3.63) is 54.2 Å². The minimum atomic E-state index is 0.187. The summed E-state index contributed by atoms with van der Waals surface area (Å²) in [5.74, 6) is 0.429. The highest BCUT2D eigenvalue weighted by molar-refractivity contribution is 6.10. The van der Waals surface area contributed by atoms with Gasteiger partial charge in [0.15, 0.2) is 5.78 Å². The topological polar surface area (TPSA) is 36.4 Å². The molecule has 4 nitrogen and oxygen atoms in total. The fourth-order valence-electron chi connectivity index (χ4n) is 4.62. The lowest BCUT2D eigenvalue weighted by Gasteiger charge is -2.29. The van der Waals surface area contributed by atoms with Gasteiger partial charge in [0.1, 0.15) is 0 Å². The largest absolute Gasteiger partial charge is 0.376 e. The average Bonchev–Trinajstić information content (AvgIpc) is 3.63. The van der Waals surface area contributed by atoms with E-state index in [-0.39, 0.29) is 11.7 Å². The molecule has 1 aromatic heterocycles. The van der Waals surface area contributed by atoms with Crippen LogP contribution in [0.1, 0.15) is 42.5 Å². The second kappa shape index (κ2) is 7.75. The zero-order valence-electron chi connectivity index (χ0n) is 17.9. The standard InChI is InChI=1S/C26H29N3O/c1-28(2)25-22-16-20(11-12-24(22)27-17-23(25)26(30)18-9-10-18)19-7-6-8-21(15-19)29-13-4-3-5-14-29/h6-8,11-12,15-18H,3-5,9-10,13-14H2,1-2H3. The number of fused-ring (bicyclic) bond motifs is 1. The molecule has 2 fully saturated rings. The van der Waals surface area contributed by atoms with E-state index in [9.17, 15) is 4.79 Å². The van der Waals surface area contributed by atoms with E-state index in [1.54, 1.807) is 6.20 Å². The van der Waals surface area contributed by atoms with Crippen molar-refractivity contribution in [3.63, 3.8) is 0 Å². The van der Waals surface area contributed by atoms with Gasteiger partial charge in [0.25, 0.3) is 0 Å². The third kappa shape index (κ3) is 3.55. The highest BCUT2D eigenvalue weighted by Crippen LogP contribution is 2.38. The summed E-state index contributed by atoms with van der Waals surface area (Å²) in [6.07, 6.45) is 7.67. The molecule has 0 amide bonds. The predicted octanol–water partition coefficient (Wildman–Crippen LogP) is 5.55. The van der Waals surface area contributed by atoms with E-state index in [1.165, 1.54) is 36.1 Å². The Balaban J connectivity index is 1.59. The van der Waals surface area contributed by atoms with E-state index in [0.717, 1.165) is 48.1 Å². The van der Waals surface area contributed by atoms with Crippen molar-refractivity contribution in [3.8, 4) is 11.1 Å². The Morgan fingerprint density at radius 1 is 1.00 bits per heavy atom. The number of nitrogens with zero attached hydrogens (tertiary/aromatic N) is 3. The Bertz CT molecular complexity index is 1090. The van der Waals surface area contributed by atoms with Gasteiger partial charge in [0, 0.05) is 50.4 Å². The smallest absolute Gasteiger partial charge is 0.169 e. The fraction of sp³-hybridized carbons (Fsp3) is 0.385. The number of hydrogen-bond donors (Lipinski definition) is 0. The van der Waals surface area contributed by atoms with Crippen LogP contribution in [0.4, 0.5) is 11.4 Å². The molecular formula is C26H29N3O. The van der Waals surface area contributed by atoms with E-state index in [1.807, 2.05) is 14.1 Å². The lowest BCUT2D eigenvalue weighted by molar-refractivity contribution is 0.0968. The summed E-state index contributed by atoms with van der Waals surface area (Å²) in [5, 5.41) is 1.05. The van der Waals surface area contributed by atoms with E-state index >= 15 is 0 Å². The molecule has 2 heterocycles. The summed E-state index contributed by atoms with van der Waals surface area (Å²) in [5.41, 5.74) is 6.36. The summed E-state index contributed by atoms with van der Waals surface area (Å²) in [6.45, 7) is 2.28. The SMILES string of the molecule is CN(C)c1c(C(=O)C2CC2)cnc2ccc(-c3cccc(N4CCCCC4)c3)cc12. The van der Waals surface area contributed by atoms with E-state index in [0.29, 0.717) is 0 Å². The Kier molecular flexibility index (Phi) is 4.93.